The van der Waals surface area contributed by atoms with Gasteiger partial charge in [0.25, 0.3) is 0 Å². The second-order valence-electron chi connectivity index (χ2n) is 6.24. The molecule has 0 bridgehead atoms. The number of hydrogen-bond acceptors (Lipinski definition) is 2. The molecule has 4 heteroatoms. The molecule has 0 saturated carbocycles. The van der Waals surface area contributed by atoms with Gasteiger partial charge in [-0.2, -0.15) is 0 Å². The molecule has 0 saturated heterocycles. The monoisotopic (exact) mass is 312 g/mol. The standard InChI is InChI=1S/C19H21FN2O/c1-12-5-10-15-16(3-2-4-17(15)20)18(12)22-11-13-6-8-14(9-7-13)19(21)23/h2-4,6-9,12,18,22H,5,10-11H2,1H3,(H2,21,23). The Labute approximate surface area is 135 Å². The number of carbonyl (C=O) groups is 1. The van der Waals surface area contributed by atoms with E-state index >= 15 is 0 Å². The van der Waals surface area contributed by atoms with Gasteiger partial charge in [0.05, 0.1) is 0 Å². The molecule has 1 amide bonds. The third-order valence-electron chi connectivity index (χ3n) is 4.67. The summed E-state index contributed by atoms with van der Waals surface area (Å²) in [5, 5.41) is 3.54. The second-order valence-corrected chi connectivity index (χ2v) is 6.24. The maximum atomic E-state index is 14.0. The SMILES string of the molecule is CC1CCc2c(F)cccc2C1NCc1ccc(C(N)=O)cc1. The average molecular weight is 312 g/mol. The summed E-state index contributed by atoms with van der Waals surface area (Å²) in [6.45, 7) is 2.87. The molecular formula is C19H21FN2O. The number of nitrogens with two attached hydrogens (primary N) is 1. The van der Waals surface area contributed by atoms with E-state index < -0.39 is 5.91 Å². The Balaban J connectivity index is 1.75. The summed E-state index contributed by atoms with van der Waals surface area (Å²) in [4.78, 5) is 11.1. The predicted octanol–water partition coefficient (Wildman–Crippen LogP) is 3.34. The Hall–Kier alpha value is -2.20. The van der Waals surface area contributed by atoms with Crippen molar-refractivity contribution in [2.75, 3.05) is 0 Å². The topological polar surface area (TPSA) is 55.1 Å². The molecule has 2 atom stereocenters. The molecule has 0 radical (unpaired) electrons. The third kappa shape index (κ3) is 3.27. The minimum atomic E-state index is -0.421. The van der Waals surface area contributed by atoms with Crippen LogP contribution in [-0.2, 0) is 13.0 Å². The number of halogens is 1. The van der Waals surface area contributed by atoms with Crippen molar-refractivity contribution in [1.29, 1.82) is 0 Å². The van der Waals surface area contributed by atoms with Crippen LogP contribution >= 0.6 is 0 Å². The summed E-state index contributed by atoms with van der Waals surface area (Å²) < 4.78 is 14.0. The van der Waals surface area contributed by atoms with Crippen molar-refractivity contribution in [3.05, 3.63) is 70.5 Å². The Bertz CT molecular complexity index is 712. The first-order chi connectivity index (χ1) is 11.1. The Kier molecular flexibility index (Phi) is 4.44. The summed E-state index contributed by atoms with van der Waals surface area (Å²) in [6.07, 6.45) is 1.78. The van der Waals surface area contributed by atoms with Crippen LogP contribution in [-0.4, -0.2) is 5.91 Å². The van der Waals surface area contributed by atoms with Crippen LogP contribution in [0.3, 0.4) is 0 Å². The lowest BCUT2D eigenvalue weighted by atomic mass is 9.80. The predicted molar refractivity (Wildman–Crippen MR) is 88.4 cm³/mol. The minimum absolute atomic E-state index is 0.105. The molecule has 120 valence electrons. The first kappa shape index (κ1) is 15.7. The van der Waals surface area contributed by atoms with Crippen LogP contribution in [0.15, 0.2) is 42.5 Å². The summed E-state index contributed by atoms with van der Waals surface area (Å²) in [5.41, 5.74) is 8.74. The van der Waals surface area contributed by atoms with E-state index in [2.05, 4.69) is 12.2 Å². The first-order valence-corrected chi connectivity index (χ1v) is 7.95. The van der Waals surface area contributed by atoms with E-state index in [4.69, 9.17) is 5.73 Å². The highest BCUT2D eigenvalue weighted by molar-refractivity contribution is 5.92. The van der Waals surface area contributed by atoms with Crippen LogP contribution in [0.5, 0.6) is 0 Å². The number of primary amides is 1. The zero-order valence-electron chi connectivity index (χ0n) is 13.2. The Morgan fingerprint density at radius 1 is 1.26 bits per heavy atom. The third-order valence-corrected chi connectivity index (χ3v) is 4.67. The largest absolute Gasteiger partial charge is 0.366 e. The Morgan fingerprint density at radius 2 is 2.00 bits per heavy atom. The summed E-state index contributed by atoms with van der Waals surface area (Å²) in [5.74, 6) is -0.0731. The van der Waals surface area contributed by atoms with E-state index in [1.54, 1.807) is 18.2 Å². The van der Waals surface area contributed by atoms with E-state index in [9.17, 15) is 9.18 Å². The molecule has 2 aromatic rings. The number of hydrogen-bond donors (Lipinski definition) is 2. The molecular weight excluding hydrogens is 291 g/mol. The normalized spacial score (nSPS) is 20.1. The number of carbonyl (C=O) groups excluding carboxylic acids is 1. The van der Waals surface area contributed by atoms with Crippen LogP contribution < -0.4 is 11.1 Å². The highest BCUT2D eigenvalue weighted by Gasteiger charge is 2.27. The maximum absolute atomic E-state index is 14.0. The molecule has 23 heavy (non-hydrogen) atoms. The van der Waals surface area contributed by atoms with Gasteiger partial charge in [-0.25, -0.2) is 4.39 Å². The van der Waals surface area contributed by atoms with Crippen molar-refractivity contribution >= 4 is 5.91 Å². The molecule has 3 nitrogen and oxygen atoms in total. The van der Waals surface area contributed by atoms with Gasteiger partial charge in [-0.1, -0.05) is 31.2 Å². The van der Waals surface area contributed by atoms with Gasteiger partial charge in [-0.15, -0.1) is 0 Å². The van der Waals surface area contributed by atoms with Crippen molar-refractivity contribution in [3.8, 4) is 0 Å². The van der Waals surface area contributed by atoms with Gasteiger partial charge in [0.1, 0.15) is 5.82 Å². The summed E-state index contributed by atoms with van der Waals surface area (Å²) in [6, 6.07) is 12.7. The minimum Gasteiger partial charge on any atom is -0.366 e. The zero-order chi connectivity index (χ0) is 16.4. The molecule has 0 aliphatic heterocycles. The zero-order valence-corrected chi connectivity index (χ0v) is 13.2. The number of nitrogens with one attached hydrogen (secondary N) is 1. The molecule has 2 unspecified atom stereocenters. The van der Waals surface area contributed by atoms with Crippen molar-refractivity contribution in [3.63, 3.8) is 0 Å². The molecule has 0 heterocycles. The van der Waals surface area contributed by atoms with Crippen LogP contribution in [0.2, 0.25) is 0 Å². The van der Waals surface area contributed by atoms with Crippen molar-refractivity contribution in [1.82, 2.24) is 5.32 Å². The lowest BCUT2D eigenvalue weighted by Crippen LogP contribution is -2.31. The van der Waals surface area contributed by atoms with Gasteiger partial charge in [0.15, 0.2) is 0 Å². The fraction of sp³-hybridized carbons (Fsp3) is 0.316. The van der Waals surface area contributed by atoms with Gasteiger partial charge < -0.3 is 11.1 Å². The number of amides is 1. The van der Waals surface area contributed by atoms with E-state index in [1.165, 1.54) is 6.07 Å². The van der Waals surface area contributed by atoms with Gasteiger partial charge in [-0.3, -0.25) is 4.79 Å². The second kappa shape index (κ2) is 6.50. The fourth-order valence-electron chi connectivity index (χ4n) is 3.30. The maximum Gasteiger partial charge on any atom is 0.248 e. The van der Waals surface area contributed by atoms with Gasteiger partial charge >= 0.3 is 0 Å². The fourth-order valence-corrected chi connectivity index (χ4v) is 3.30. The number of benzene rings is 2. The molecule has 0 fully saturated rings. The van der Waals surface area contributed by atoms with Gasteiger partial charge in [-0.05, 0) is 53.6 Å². The highest BCUT2D eigenvalue weighted by atomic mass is 19.1. The van der Waals surface area contributed by atoms with Crippen LogP contribution in [0.4, 0.5) is 4.39 Å². The van der Waals surface area contributed by atoms with E-state index in [-0.39, 0.29) is 11.9 Å². The quantitative estimate of drug-likeness (QED) is 0.910. The number of fused-ring (bicyclic) bond motifs is 1. The smallest absolute Gasteiger partial charge is 0.248 e. The van der Waals surface area contributed by atoms with Crippen LogP contribution in [0, 0.1) is 11.7 Å². The molecule has 3 rings (SSSR count). The number of rotatable bonds is 4. The first-order valence-electron chi connectivity index (χ1n) is 7.95. The molecule has 1 aliphatic carbocycles. The van der Waals surface area contributed by atoms with Crippen molar-refractivity contribution in [2.45, 2.75) is 32.4 Å². The van der Waals surface area contributed by atoms with Crippen molar-refractivity contribution in [2.24, 2.45) is 11.7 Å². The van der Waals surface area contributed by atoms with Crippen LogP contribution in [0.25, 0.3) is 0 Å². The highest BCUT2D eigenvalue weighted by Crippen LogP contribution is 2.35. The molecule has 2 aromatic carbocycles. The van der Waals surface area contributed by atoms with E-state index in [0.29, 0.717) is 18.0 Å². The lowest BCUT2D eigenvalue weighted by Gasteiger charge is -2.32. The van der Waals surface area contributed by atoms with E-state index in [1.807, 2.05) is 18.2 Å². The van der Waals surface area contributed by atoms with Gasteiger partial charge in [0, 0.05) is 18.2 Å². The van der Waals surface area contributed by atoms with Gasteiger partial charge in [0.2, 0.25) is 5.91 Å². The molecule has 0 spiro atoms. The molecule has 1 aliphatic rings. The van der Waals surface area contributed by atoms with Crippen LogP contribution in [0.1, 0.15) is 46.4 Å². The Morgan fingerprint density at radius 3 is 2.70 bits per heavy atom. The van der Waals surface area contributed by atoms with Crippen molar-refractivity contribution < 1.29 is 9.18 Å². The lowest BCUT2D eigenvalue weighted by molar-refractivity contribution is 0.100. The average Bonchev–Trinajstić information content (AvgIpc) is 2.54. The van der Waals surface area contributed by atoms with E-state index in [0.717, 1.165) is 29.5 Å². The molecule has 0 aromatic heterocycles. The summed E-state index contributed by atoms with van der Waals surface area (Å²) >= 11 is 0. The summed E-state index contributed by atoms with van der Waals surface area (Å²) in [7, 11) is 0. The molecule has 3 N–H and O–H groups in total.